The molecule has 0 aromatic carbocycles. The van der Waals surface area contributed by atoms with Gasteiger partial charge in [-0.25, -0.2) is 9.97 Å². The van der Waals surface area contributed by atoms with Crippen molar-refractivity contribution in [1.29, 1.82) is 0 Å². The van der Waals surface area contributed by atoms with Gasteiger partial charge in [0, 0.05) is 37.6 Å². The van der Waals surface area contributed by atoms with Crippen LogP contribution in [0.4, 0.5) is 0 Å². The Labute approximate surface area is 131 Å². The lowest BCUT2D eigenvalue weighted by Gasteiger charge is -2.27. The number of nitrogens with zero attached hydrogens (tertiary/aromatic N) is 4. The van der Waals surface area contributed by atoms with Crippen LogP contribution >= 0.6 is 11.3 Å². The minimum atomic E-state index is -0.00196. The molecule has 3 aromatic heterocycles. The van der Waals surface area contributed by atoms with Gasteiger partial charge in [-0.2, -0.15) is 0 Å². The summed E-state index contributed by atoms with van der Waals surface area (Å²) < 4.78 is 2.15. The van der Waals surface area contributed by atoms with E-state index in [0.717, 1.165) is 41.4 Å². The fourth-order valence-electron chi connectivity index (χ4n) is 3.08. The first-order valence-electron chi connectivity index (χ1n) is 7.34. The molecule has 0 saturated carbocycles. The minimum absolute atomic E-state index is 0.00196. The molecule has 114 valence electrons. The Kier molecular flexibility index (Phi) is 3.12. The normalized spacial score (nSPS) is 15.4. The van der Waals surface area contributed by atoms with Crippen LogP contribution in [0.3, 0.4) is 0 Å². The molecule has 1 N–H and O–H groups in total. The highest BCUT2D eigenvalue weighted by Gasteiger charge is 2.22. The van der Waals surface area contributed by atoms with E-state index in [-0.39, 0.29) is 5.56 Å². The lowest BCUT2D eigenvalue weighted by Crippen LogP contribution is -2.35. The molecule has 1 aliphatic heterocycles. The third-order valence-electron chi connectivity index (χ3n) is 4.20. The summed E-state index contributed by atoms with van der Waals surface area (Å²) in [6.45, 7) is 6.24. The summed E-state index contributed by atoms with van der Waals surface area (Å²) >= 11 is 1.65. The standard InChI is InChI=1S/C15H17N5OS/c1-9-13(20-5-6-22-15(20)16-9)8-19-4-3-12-11(7-19)14(21)18-10(2)17-12/h5-6H,3-4,7-8H2,1-2H3,(H,17,18,21). The second-order valence-corrected chi connectivity index (χ2v) is 6.61. The van der Waals surface area contributed by atoms with Crippen molar-refractivity contribution in [2.75, 3.05) is 6.54 Å². The topological polar surface area (TPSA) is 66.3 Å². The Morgan fingerprint density at radius 2 is 2.23 bits per heavy atom. The molecule has 0 atom stereocenters. The fraction of sp³-hybridized carbons (Fsp3) is 0.400. The lowest BCUT2D eigenvalue weighted by atomic mass is 10.1. The van der Waals surface area contributed by atoms with Crippen LogP contribution < -0.4 is 5.56 Å². The molecule has 0 aliphatic carbocycles. The van der Waals surface area contributed by atoms with Gasteiger partial charge in [0.2, 0.25) is 0 Å². The molecule has 0 spiro atoms. The molecule has 0 unspecified atom stereocenters. The largest absolute Gasteiger partial charge is 0.310 e. The van der Waals surface area contributed by atoms with E-state index >= 15 is 0 Å². The number of thiazole rings is 1. The molecule has 4 rings (SSSR count). The van der Waals surface area contributed by atoms with Gasteiger partial charge in [0.1, 0.15) is 5.82 Å². The monoisotopic (exact) mass is 315 g/mol. The maximum absolute atomic E-state index is 12.1. The first-order valence-corrected chi connectivity index (χ1v) is 8.22. The first-order chi connectivity index (χ1) is 10.6. The quantitative estimate of drug-likeness (QED) is 0.781. The summed E-state index contributed by atoms with van der Waals surface area (Å²) in [4.78, 5) is 27.3. The van der Waals surface area contributed by atoms with E-state index < -0.39 is 0 Å². The highest BCUT2D eigenvalue weighted by Crippen LogP contribution is 2.21. The van der Waals surface area contributed by atoms with Gasteiger partial charge in [-0.05, 0) is 13.8 Å². The number of fused-ring (bicyclic) bond motifs is 2. The van der Waals surface area contributed by atoms with Crippen molar-refractivity contribution < 1.29 is 0 Å². The molecule has 0 radical (unpaired) electrons. The van der Waals surface area contributed by atoms with Crippen LogP contribution in [0.1, 0.15) is 28.5 Å². The molecule has 6 nitrogen and oxygen atoms in total. The van der Waals surface area contributed by atoms with Gasteiger partial charge < -0.3 is 4.98 Å². The van der Waals surface area contributed by atoms with Crippen LogP contribution in [0, 0.1) is 13.8 Å². The molecular formula is C15H17N5OS. The zero-order chi connectivity index (χ0) is 15.3. The summed E-state index contributed by atoms with van der Waals surface area (Å²) in [6.07, 6.45) is 2.88. The average molecular weight is 315 g/mol. The number of hydrogen-bond acceptors (Lipinski definition) is 5. The average Bonchev–Trinajstić information content (AvgIpc) is 3.02. The van der Waals surface area contributed by atoms with Crippen LogP contribution in [-0.2, 0) is 19.5 Å². The Balaban J connectivity index is 1.64. The van der Waals surface area contributed by atoms with Gasteiger partial charge in [-0.3, -0.25) is 14.1 Å². The molecule has 7 heteroatoms. The molecule has 0 fully saturated rings. The van der Waals surface area contributed by atoms with Gasteiger partial charge >= 0.3 is 0 Å². The van der Waals surface area contributed by atoms with E-state index in [9.17, 15) is 4.79 Å². The Hall–Kier alpha value is -1.99. The second-order valence-electron chi connectivity index (χ2n) is 5.74. The fourth-order valence-corrected chi connectivity index (χ4v) is 3.86. The number of nitrogens with one attached hydrogen (secondary N) is 1. The van der Waals surface area contributed by atoms with Gasteiger partial charge in [0.25, 0.3) is 5.56 Å². The van der Waals surface area contributed by atoms with Crippen LogP contribution in [0.15, 0.2) is 16.4 Å². The third-order valence-corrected chi connectivity index (χ3v) is 4.96. The number of aromatic nitrogens is 4. The molecule has 0 bridgehead atoms. The van der Waals surface area contributed by atoms with E-state index in [1.807, 2.05) is 19.2 Å². The number of rotatable bonds is 2. The van der Waals surface area contributed by atoms with Crippen LogP contribution in [0.25, 0.3) is 4.96 Å². The van der Waals surface area contributed by atoms with Crippen LogP contribution in [0.5, 0.6) is 0 Å². The lowest BCUT2D eigenvalue weighted by molar-refractivity contribution is 0.237. The van der Waals surface area contributed by atoms with Crippen molar-refractivity contribution >= 4 is 16.3 Å². The van der Waals surface area contributed by atoms with Crippen molar-refractivity contribution in [2.24, 2.45) is 0 Å². The smallest absolute Gasteiger partial charge is 0.255 e. The molecule has 22 heavy (non-hydrogen) atoms. The zero-order valence-electron chi connectivity index (χ0n) is 12.6. The Bertz CT molecular complexity index is 906. The van der Waals surface area contributed by atoms with Crippen LogP contribution in [-0.4, -0.2) is 30.8 Å². The van der Waals surface area contributed by atoms with E-state index in [4.69, 9.17) is 0 Å². The molecule has 3 aromatic rings. The van der Waals surface area contributed by atoms with Gasteiger partial charge in [0.05, 0.1) is 22.6 Å². The predicted octanol–water partition coefficient (Wildman–Crippen LogP) is 1.65. The van der Waals surface area contributed by atoms with Gasteiger partial charge in [-0.15, -0.1) is 11.3 Å². The number of H-pyrrole nitrogens is 1. The van der Waals surface area contributed by atoms with Gasteiger partial charge in [-0.1, -0.05) is 0 Å². The maximum atomic E-state index is 12.1. The number of aryl methyl sites for hydroxylation is 2. The molecule has 0 saturated heterocycles. The summed E-state index contributed by atoms with van der Waals surface area (Å²) in [7, 11) is 0. The second kappa shape index (κ2) is 5.03. The van der Waals surface area contributed by atoms with Gasteiger partial charge in [0.15, 0.2) is 4.96 Å². The first kappa shape index (κ1) is 13.7. The predicted molar refractivity (Wildman–Crippen MR) is 85.2 cm³/mol. The van der Waals surface area contributed by atoms with E-state index in [2.05, 4.69) is 30.4 Å². The van der Waals surface area contributed by atoms with Crippen LogP contribution in [0.2, 0.25) is 0 Å². The summed E-state index contributed by atoms with van der Waals surface area (Å²) in [6, 6.07) is 0. The zero-order valence-corrected chi connectivity index (χ0v) is 13.4. The summed E-state index contributed by atoms with van der Waals surface area (Å²) in [5, 5.41) is 2.05. The Morgan fingerprint density at radius 3 is 3.09 bits per heavy atom. The molecule has 0 amide bonds. The number of imidazole rings is 1. The third kappa shape index (κ3) is 2.17. The highest BCUT2D eigenvalue weighted by molar-refractivity contribution is 7.15. The van der Waals surface area contributed by atoms with E-state index in [0.29, 0.717) is 12.4 Å². The van der Waals surface area contributed by atoms with Crippen molar-refractivity contribution in [3.8, 4) is 0 Å². The van der Waals surface area contributed by atoms with Crippen molar-refractivity contribution in [3.63, 3.8) is 0 Å². The number of aromatic amines is 1. The van der Waals surface area contributed by atoms with Crippen molar-refractivity contribution in [3.05, 3.63) is 50.4 Å². The van der Waals surface area contributed by atoms with E-state index in [1.54, 1.807) is 11.3 Å². The Morgan fingerprint density at radius 1 is 1.36 bits per heavy atom. The SMILES string of the molecule is Cc1nc2c(c(=O)[nH]1)CN(Cc1c(C)nc3sccn13)CC2. The summed E-state index contributed by atoms with van der Waals surface area (Å²) in [5.74, 6) is 0.698. The van der Waals surface area contributed by atoms with Crippen molar-refractivity contribution in [1.82, 2.24) is 24.3 Å². The molecule has 1 aliphatic rings. The molecule has 4 heterocycles. The maximum Gasteiger partial charge on any atom is 0.255 e. The van der Waals surface area contributed by atoms with E-state index in [1.165, 1.54) is 5.69 Å². The molecular weight excluding hydrogens is 298 g/mol. The van der Waals surface area contributed by atoms with Crippen molar-refractivity contribution in [2.45, 2.75) is 33.4 Å². The summed E-state index contributed by atoms with van der Waals surface area (Å²) in [5.41, 5.74) is 4.02. The highest BCUT2D eigenvalue weighted by atomic mass is 32.1. The minimum Gasteiger partial charge on any atom is -0.310 e. The number of hydrogen-bond donors (Lipinski definition) is 1.